The van der Waals surface area contributed by atoms with Crippen molar-refractivity contribution >= 4 is 22.4 Å². The van der Waals surface area contributed by atoms with Gasteiger partial charge in [-0.05, 0) is 48.1 Å². The van der Waals surface area contributed by atoms with Gasteiger partial charge in [0.2, 0.25) is 5.95 Å². The molecule has 4 heterocycles. The maximum atomic E-state index is 4.66. The molecule has 6 rings (SSSR count). The van der Waals surface area contributed by atoms with E-state index in [-0.39, 0.29) is 0 Å². The molecular weight excluding hydrogens is 336 g/mol. The van der Waals surface area contributed by atoms with Gasteiger partial charge >= 0.3 is 0 Å². The molecule has 134 valence electrons. The van der Waals surface area contributed by atoms with Crippen molar-refractivity contribution in [3.05, 3.63) is 55.0 Å². The predicted molar refractivity (Wildman–Crippen MR) is 106 cm³/mol. The van der Waals surface area contributed by atoms with Gasteiger partial charge in [-0.15, -0.1) is 5.10 Å². The third-order valence-electron chi connectivity index (χ3n) is 6.02. The zero-order chi connectivity index (χ0) is 17.8. The molecule has 2 aliphatic rings. The summed E-state index contributed by atoms with van der Waals surface area (Å²) in [6.07, 6.45) is 8.16. The summed E-state index contributed by atoms with van der Waals surface area (Å²) in [5, 5.41) is 12.7. The van der Waals surface area contributed by atoms with Crippen molar-refractivity contribution in [1.82, 2.24) is 24.9 Å². The first-order valence-electron chi connectivity index (χ1n) is 9.45. The number of hydrogen-bond donors (Lipinski definition) is 2. The topological polar surface area (TPSA) is 67.1 Å². The number of nitrogens with zero attached hydrogens (tertiary/aromatic N) is 4. The first-order chi connectivity index (χ1) is 13.3. The monoisotopic (exact) mass is 356 g/mol. The van der Waals surface area contributed by atoms with Crippen LogP contribution in [-0.2, 0) is 0 Å². The molecular formula is C21H20N6. The van der Waals surface area contributed by atoms with Crippen LogP contribution in [0.5, 0.6) is 0 Å². The summed E-state index contributed by atoms with van der Waals surface area (Å²) in [4.78, 5) is 8.97. The molecule has 1 spiro atoms. The van der Waals surface area contributed by atoms with Gasteiger partial charge in [0.1, 0.15) is 0 Å². The second kappa shape index (κ2) is 5.50. The Morgan fingerprint density at radius 2 is 2.04 bits per heavy atom. The Hall–Kier alpha value is -2.99. The van der Waals surface area contributed by atoms with E-state index in [2.05, 4.69) is 56.0 Å². The van der Waals surface area contributed by atoms with Gasteiger partial charge in [0.05, 0.1) is 17.2 Å². The minimum Gasteiger partial charge on any atom is -0.350 e. The first kappa shape index (κ1) is 15.1. The van der Waals surface area contributed by atoms with Crippen molar-refractivity contribution in [3.8, 4) is 11.1 Å². The lowest BCUT2D eigenvalue weighted by atomic mass is 9.62. The van der Waals surface area contributed by atoms with E-state index < -0.39 is 0 Å². The van der Waals surface area contributed by atoms with Gasteiger partial charge in [-0.1, -0.05) is 12.1 Å². The molecule has 0 unspecified atom stereocenters. The fourth-order valence-electron chi connectivity index (χ4n) is 4.49. The zero-order valence-electron chi connectivity index (χ0n) is 14.9. The number of benzene rings is 1. The zero-order valence-corrected chi connectivity index (χ0v) is 14.9. The normalized spacial score (nSPS) is 18.5. The molecule has 1 aliphatic carbocycles. The van der Waals surface area contributed by atoms with E-state index in [1.54, 1.807) is 0 Å². The average molecular weight is 356 g/mol. The molecule has 1 aromatic carbocycles. The Kier molecular flexibility index (Phi) is 3.08. The second-order valence-electron chi connectivity index (χ2n) is 7.90. The van der Waals surface area contributed by atoms with Crippen LogP contribution in [0.3, 0.4) is 0 Å². The molecule has 6 nitrogen and oxygen atoms in total. The van der Waals surface area contributed by atoms with E-state index in [0.29, 0.717) is 17.4 Å². The molecule has 0 radical (unpaired) electrons. The summed E-state index contributed by atoms with van der Waals surface area (Å²) in [5.74, 6) is 0.708. The van der Waals surface area contributed by atoms with E-state index in [0.717, 1.165) is 40.6 Å². The summed E-state index contributed by atoms with van der Waals surface area (Å²) in [6.45, 7) is 2.32. The van der Waals surface area contributed by atoms with Crippen molar-refractivity contribution in [2.45, 2.75) is 18.9 Å². The van der Waals surface area contributed by atoms with Crippen LogP contribution in [0, 0.1) is 5.41 Å². The Morgan fingerprint density at radius 1 is 1.11 bits per heavy atom. The van der Waals surface area contributed by atoms with Gasteiger partial charge in [-0.25, -0.2) is 9.50 Å². The molecule has 27 heavy (non-hydrogen) atoms. The predicted octanol–water partition coefficient (Wildman–Crippen LogP) is 3.11. The highest BCUT2D eigenvalue weighted by molar-refractivity contribution is 5.88. The van der Waals surface area contributed by atoms with E-state index in [1.165, 1.54) is 12.8 Å². The highest BCUT2D eigenvalue weighted by atomic mass is 15.3. The minimum atomic E-state index is 0.493. The molecule has 1 saturated heterocycles. The lowest BCUT2D eigenvalue weighted by Gasteiger charge is -2.54. The van der Waals surface area contributed by atoms with Crippen LogP contribution in [0.4, 0.5) is 5.95 Å². The molecule has 2 fully saturated rings. The van der Waals surface area contributed by atoms with Gasteiger partial charge in [0, 0.05) is 42.5 Å². The van der Waals surface area contributed by atoms with Crippen LogP contribution < -0.4 is 10.6 Å². The fourth-order valence-corrected chi connectivity index (χ4v) is 4.49. The van der Waals surface area contributed by atoms with Gasteiger partial charge in [0.15, 0.2) is 0 Å². The Morgan fingerprint density at radius 3 is 2.89 bits per heavy atom. The van der Waals surface area contributed by atoms with E-state index in [4.69, 9.17) is 0 Å². The van der Waals surface area contributed by atoms with Crippen LogP contribution in [0.2, 0.25) is 0 Å². The molecule has 4 aromatic rings. The quantitative estimate of drug-likeness (QED) is 0.590. The summed E-state index contributed by atoms with van der Waals surface area (Å²) in [6, 6.07) is 13.0. The minimum absolute atomic E-state index is 0.493. The molecule has 0 atom stereocenters. The Balaban J connectivity index is 1.29. The second-order valence-corrected chi connectivity index (χ2v) is 7.90. The van der Waals surface area contributed by atoms with Crippen LogP contribution in [0.15, 0.2) is 55.0 Å². The van der Waals surface area contributed by atoms with Crippen molar-refractivity contribution in [1.29, 1.82) is 0 Å². The molecule has 1 saturated carbocycles. The first-order valence-corrected chi connectivity index (χ1v) is 9.45. The number of aromatic nitrogens is 4. The molecule has 3 aromatic heterocycles. The van der Waals surface area contributed by atoms with Crippen molar-refractivity contribution in [3.63, 3.8) is 0 Å². The smallest absolute Gasteiger partial charge is 0.241 e. The molecule has 2 N–H and O–H groups in total. The number of anilines is 1. The highest BCUT2D eigenvalue weighted by Gasteiger charge is 2.48. The summed E-state index contributed by atoms with van der Waals surface area (Å²) >= 11 is 0. The van der Waals surface area contributed by atoms with Crippen LogP contribution >= 0.6 is 0 Å². The van der Waals surface area contributed by atoms with Gasteiger partial charge in [0.25, 0.3) is 0 Å². The van der Waals surface area contributed by atoms with E-state index >= 15 is 0 Å². The van der Waals surface area contributed by atoms with Crippen LogP contribution in [-0.4, -0.2) is 38.7 Å². The third kappa shape index (κ3) is 2.40. The Bertz CT molecular complexity index is 1150. The third-order valence-corrected chi connectivity index (χ3v) is 6.02. The van der Waals surface area contributed by atoms with Crippen molar-refractivity contribution in [2.75, 3.05) is 18.4 Å². The van der Waals surface area contributed by atoms with Gasteiger partial charge in [-0.3, -0.25) is 4.98 Å². The number of rotatable bonds is 3. The van der Waals surface area contributed by atoms with Crippen LogP contribution in [0.1, 0.15) is 12.8 Å². The van der Waals surface area contributed by atoms with Gasteiger partial charge in [-0.2, -0.15) is 0 Å². The summed E-state index contributed by atoms with van der Waals surface area (Å²) in [7, 11) is 0. The largest absolute Gasteiger partial charge is 0.350 e. The van der Waals surface area contributed by atoms with Crippen molar-refractivity contribution in [2.24, 2.45) is 5.41 Å². The fraction of sp³-hybridized carbons (Fsp3) is 0.286. The SMILES string of the molecule is c1cnc2ccc(-c3ccn4nc(NC5CC6(CNC6)C5)ncc34)cc2c1. The molecule has 6 heteroatoms. The standard InChI is InChI=1S/C21H20N6/c1-2-15-8-14(3-4-18(15)23-6-1)17-5-7-27-19(17)11-24-20(26-27)25-16-9-21(10-16)12-22-13-21/h1-8,11,16,22H,9-10,12-13H2,(H,25,26). The van der Waals surface area contributed by atoms with Crippen LogP contribution in [0.25, 0.3) is 27.5 Å². The van der Waals surface area contributed by atoms with Gasteiger partial charge < -0.3 is 10.6 Å². The maximum Gasteiger partial charge on any atom is 0.241 e. The summed E-state index contributed by atoms with van der Waals surface area (Å²) in [5.41, 5.74) is 4.86. The number of fused-ring (bicyclic) bond motifs is 2. The molecule has 0 bridgehead atoms. The number of hydrogen-bond acceptors (Lipinski definition) is 5. The van der Waals surface area contributed by atoms with Crippen molar-refractivity contribution < 1.29 is 0 Å². The Labute approximate surface area is 156 Å². The van der Waals surface area contributed by atoms with E-state index in [1.807, 2.05) is 29.2 Å². The highest BCUT2D eigenvalue weighted by Crippen LogP contribution is 2.45. The lowest BCUT2D eigenvalue weighted by Crippen LogP contribution is -2.63. The maximum absolute atomic E-state index is 4.66. The average Bonchev–Trinajstić information content (AvgIpc) is 3.05. The van der Waals surface area contributed by atoms with E-state index in [9.17, 15) is 0 Å². The summed E-state index contributed by atoms with van der Waals surface area (Å²) < 4.78 is 1.91. The molecule has 1 aliphatic heterocycles. The lowest BCUT2D eigenvalue weighted by molar-refractivity contribution is 0.0467. The number of pyridine rings is 1. The number of nitrogens with one attached hydrogen (secondary N) is 2. The molecule has 0 amide bonds.